The molecule has 88 valence electrons. The van der Waals surface area contributed by atoms with Gasteiger partial charge in [0.05, 0.1) is 7.11 Å². The highest BCUT2D eigenvalue weighted by molar-refractivity contribution is 5.70. The van der Waals surface area contributed by atoms with Gasteiger partial charge in [0.2, 0.25) is 0 Å². The topological polar surface area (TPSA) is 61.5 Å². The van der Waals surface area contributed by atoms with Gasteiger partial charge in [-0.15, -0.1) is 0 Å². The van der Waals surface area contributed by atoms with E-state index in [9.17, 15) is 9.18 Å². The molecule has 0 saturated carbocycles. The lowest BCUT2D eigenvalue weighted by molar-refractivity contribution is -0.142. The molecular weight excluding hydrogens is 213 g/mol. The molecule has 0 fully saturated rings. The summed E-state index contributed by atoms with van der Waals surface area (Å²) in [5.41, 5.74) is 6.33. The molecule has 1 aromatic rings. The normalized spacial score (nSPS) is 12.0. The van der Waals surface area contributed by atoms with Crippen molar-refractivity contribution in [2.24, 2.45) is 5.73 Å². The molecule has 0 aromatic heterocycles. The molecule has 16 heavy (non-hydrogen) atoms. The first-order valence-corrected chi connectivity index (χ1v) is 4.79. The Kier molecular flexibility index (Phi) is 4.25. The summed E-state index contributed by atoms with van der Waals surface area (Å²) in [4.78, 5) is 10.9. The van der Waals surface area contributed by atoms with E-state index in [0.29, 0.717) is 5.56 Å². The molecule has 0 aliphatic heterocycles. The number of rotatable bonds is 4. The minimum Gasteiger partial charge on any atom is -0.481 e. The van der Waals surface area contributed by atoms with Crippen molar-refractivity contribution in [3.63, 3.8) is 0 Å². The van der Waals surface area contributed by atoms with Crippen LogP contribution >= 0.6 is 0 Å². The first kappa shape index (κ1) is 12.4. The molecule has 0 unspecified atom stereocenters. The highest BCUT2D eigenvalue weighted by Crippen LogP contribution is 2.24. The van der Waals surface area contributed by atoms with E-state index < -0.39 is 11.8 Å². The van der Waals surface area contributed by atoms with E-state index in [-0.39, 0.29) is 18.4 Å². The average molecular weight is 227 g/mol. The van der Waals surface area contributed by atoms with Gasteiger partial charge in [-0.25, -0.2) is 9.18 Å². The fourth-order valence-corrected chi connectivity index (χ4v) is 1.20. The maximum absolute atomic E-state index is 13.0. The Bertz CT molecular complexity index is 379. The van der Waals surface area contributed by atoms with Crippen LogP contribution in [0.2, 0.25) is 0 Å². The van der Waals surface area contributed by atoms with Crippen LogP contribution in [0, 0.1) is 5.82 Å². The first-order valence-electron chi connectivity index (χ1n) is 4.79. The zero-order valence-electron chi connectivity index (χ0n) is 9.20. The highest BCUT2D eigenvalue weighted by Gasteiger charge is 2.11. The molecule has 0 heterocycles. The van der Waals surface area contributed by atoms with Gasteiger partial charge in [0, 0.05) is 17.7 Å². The summed E-state index contributed by atoms with van der Waals surface area (Å²) in [6.07, 6.45) is 0. The lowest BCUT2D eigenvalue weighted by Gasteiger charge is -2.13. The Morgan fingerprint density at radius 1 is 1.56 bits per heavy atom. The summed E-state index contributed by atoms with van der Waals surface area (Å²) in [7, 11) is 1.25. The number of esters is 1. The number of ether oxygens (including phenoxy) is 2. The van der Waals surface area contributed by atoms with E-state index in [1.807, 2.05) is 0 Å². The average Bonchev–Trinajstić information content (AvgIpc) is 2.25. The summed E-state index contributed by atoms with van der Waals surface area (Å²) >= 11 is 0. The van der Waals surface area contributed by atoms with Gasteiger partial charge in [-0.2, -0.15) is 0 Å². The third-order valence-electron chi connectivity index (χ3n) is 2.04. The third-order valence-corrected chi connectivity index (χ3v) is 2.04. The summed E-state index contributed by atoms with van der Waals surface area (Å²) < 4.78 is 22.5. The van der Waals surface area contributed by atoms with Gasteiger partial charge in [-0.3, -0.25) is 0 Å². The van der Waals surface area contributed by atoms with E-state index in [4.69, 9.17) is 10.5 Å². The largest absolute Gasteiger partial charge is 0.481 e. The van der Waals surface area contributed by atoms with Crippen molar-refractivity contribution in [1.82, 2.24) is 0 Å². The molecule has 0 bridgehead atoms. The summed E-state index contributed by atoms with van der Waals surface area (Å²) in [6, 6.07) is 3.73. The van der Waals surface area contributed by atoms with Crippen LogP contribution in [0.15, 0.2) is 18.2 Å². The lowest BCUT2D eigenvalue weighted by Crippen LogP contribution is -2.15. The van der Waals surface area contributed by atoms with Crippen molar-refractivity contribution in [3.05, 3.63) is 29.6 Å². The molecule has 0 saturated heterocycles. The number of carbonyl (C=O) groups is 1. The van der Waals surface area contributed by atoms with E-state index >= 15 is 0 Å². The molecule has 0 spiro atoms. The summed E-state index contributed by atoms with van der Waals surface area (Å²) in [6.45, 7) is 1.48. The van der Waals surface area contributed by atoms with E-state index in [1.165, 1.54) is 25.3 Å². The molecule has 1 aromatic carbocycles. The molecule has 5 heteroatoms. The van der Waals surface area contributed by atoms with Crippen molar-refractivity contribution in [3.8, 4) is 5.75 Å². The lowest BCUT2D eigenvalue weighted by atomic mass is 10.1. The maximum Gasteiger partial charge on any atom is 0.343 e. The molecule has 1 rings (SSSR count). The van der Waals surface area contributed by atoms with E-state index in [1.54, 1.807) is 6.92 Å². The van der Waals surface area contributed by atoms with E-state index in [2.05, 4.69) is 4.74 Å². The molecule has 4 nitrogen and oxygen atoms in total. The number of hydrogen-bond donors (Lipinski definition) is 1. The second-order valence-electron chi connectivity index (χ2n) is 3.34. The fraction of sp³-hybridized carbons (Fsp3) is 0.364. The smallest absolute Gasteiger partial charge is 0.343 e. The number of hydrogen-bond acceptors (Lipinski definition) is 4. The number of methoxy groups -OCH3 is 1. The molecule has 0 aliphatic carbocycles. The minimum absolute atomic E-state index is 0.264. The number of halogens is 1. The van der Waals surface area contributed by atoms with Gasteiger partial charge in [0.15, 0.2) is 6.61 Å². The van der Waals surface area contributed by atoms with Crippen LogP contribution in [0.4, 0.5) is 4.39 Å². The quantitative estimate of drug-likeness (QED) is 0.790. The van der Waals surface area contributed by atoms with Crippen molar-refractivity contribution in [2.45, 2.75) is 13.0 Å². The SMILES string of the molecule is COC(=O)COc1cc(F)ccc1[C@H](C)N. The van der Waals surface area contributed by atoms with Crippen LogP contribution in [0.3, 0.4) is 0 Å². The zero-order valence-corrected chi connectivity index (χ0v) is 9.20. The number of nitrogens with two attached hydrogens (primary N) is 1. The van der Waals surface area contributed by atoms with Crippen LogP contribution in [-0.4, -0.2) is 19.7 Å². The second-order valence-corrected chi connectivity index (χ2v) is 3.34. The Balaban J connectivity index is 2.84. The Morgan fingerprint density at radius 2 is 2.25 bits per heavy atom. The zero-order chi connectivity index (χ0) is 12.1. The maximum atomic E-state index is 13.0. The van der Waals surface area contributed by atoms with Crippen molar-refractivity contribution in [2.75, 3.05) is 13.7 Å². The number of carbonyl (C=O) groups excluding carboxylic acids is 1. The van der Waals surface area contributed by atoms with Gasteiger partial charge in [0.25, 0.3) is 0 Å². The molecule has 0 aliphatic rings. The Hall–Kier alpha value is -1.62. The summed E-state index contributed by atoms with van der Waals surface area (Å²) in [5.74, 6) is -0.704. The fourth-order valence-electron chi connectivity index (χ4n) is 1.20. The number of benzene rings is 1. The molecule has 0 radical (unpaired) electrons. The van der Waals surface area contributed by atoms with Crippen molar-refractivity contribution < 1.29 is 18.7 Å². The van der Waals surface area contributed by atoms with Gasteiger partial charge in [-0.1, -0.05) is 6.07 Å². The predicted octanol–water partition coefficient (Wildman–Crippen LogP) is 1.40. The second kappa shape index (κ2) is 5.46. The Labute approximate surface area is 93.2 Å². The van der Waals surface area contributed by atoms with E-state index in [0.717, 1.165) is 0 Å². The predicted molar refractivity (Wildman–Crippen MR) is 56.5 cm³/mol. The van der Waals surface area contributed by atoms with Crippen LogP contribution in [-0.2, 0) is 9.53 Å². The molecule has 2 N–H and O–H groups in total. The third kappa shape index (κ3) is 3.20. The first-order chi connectivity index (χ1) is 7.54. The summed E-state index contributed by atoms with van der Waals surface area (Å²) in [5, 5.41) is 0. The minimum atomic E-state index is -0.528. The van der Waals surface area contributed by atoms with Gasteiger partial charge >= 0.3 is 5.97 Å². The van der Waals surface area contributed by atoms with Crippen LogP contribution in [0.5, 0.6) is 5.75 Å². The molecular formula is C11H14FNO3. The van der Waals surface area contributed by atoms with Gasteiger partial charge < -0.3 is 15.2 Å². The molecule has 0 amide bonds. The van der Waals surface area contributed by atoms with Crippen LogP contribution in [0.25, 0.3) is 0 Å². The van der Waals surface area contributed by atoms with Crippen molar-refractivity contribution >= 4 is 5.97 Å². The Morgan fingerprint density at radius 3 is 2.81 bits per heavy atom. The van der Waals surface area contributed by atoms with Crippen LogP contribution in [0.1, 0.15) is 18.5 Å². The highest BCUT2D eigenvalue weighted by atomic mass is 19.1. The standard InChI is InChI=1S/C11H14FNO3/c1-7(13)9-4-3-8(12)5-10(9)16-6-11(14)15-2/h3-5,7H,6,13H2,1-2H3/t7-/m0/s1. The van der Waals surface area contributed by atoms with Gasteiger partial charge in [-0.05, 0) is 13.0 Å². The molecule has 1 atom stereocenters. The van der Waals surface area contributed by atoms with Crippen LogP contribution < -0.4 is 10.5 Å². The monoisotopic (exact) mass is 227 g/mol. The van der Waals surface area contributed by atoms with Crippen molar-refractivity contribution in [1.29, 1.82) is 0 Å². The van der Waals surface area contributed by atoms with Gasteiger partial charge in [0.1, 0.15) is 11.6 Å².